The Morgan fingerprint density at radius 2 is 1.89 bits per heavy atom. The summed E-state index contributed by atoms with van der Waals surface area (Å²) in [6, 6.07) is 7.90. The number of halogens is 1. The Hall–Kier alpha value is -0.670. The van der Waals surface area contributed by atoms with Crippen LogP contribution in [0.2, 0.25) is 0 Å². The van der Waals surface area contributed by atoms with Gasteiger partial charge in [0.15, 0.2) is 0 Å². The minimum Gasteiger partial charge on any atom is -0.375 e. The van der Waals surface area contributed by atoms with Gasteiger partial charge in [0.1, 0.15) is 5.78 Å². The van der Waals surface area contributed by atoms with Gasteiger partial charge in [-0.3, -0.25) is 4.79 Å². The first-order valence-electron chi connectivity index (χ1n) is 6.42. The number of benzene rings is 1. The Morgan fingerprint density at radius 1 is 1.22 bits per heavy atom. The summed E-state index contributed by atoms with van der Waals surface area (Å²) < 4.78 is 6.75. The van der Waals surface area contributed by atoms with Crippen LogP contribution in [-0.4, -0.2) is 18.0 Å². The first-order valence-corrected chi connectivity index (χ1v) is 7.21. The highest BCUT2D eigenvalue weighted by atomic mass is 79.9. The zero-order valence-corrected chi connectivity index (χ0v) is 12.6. The van der Waals surface area contributed by atoms with E-state index < -0.39 is 0 Å². The molecule has 0 spiro atoms. The average Bonchev–Trinajstić information content (AvgIpc) is 2.56. The Balaban J connectivity index is 2.11. The number of Topliss-reactive ketones (excluding diaryl/α,β-unsaturated/α-hetero) is 1. The highest BCUT2D eigenvalue weighted by molar-refractivity contribution is 9.10. The van der Waals surface area contributed by atoms with Gasteiger partial charge in [-0.15, -0.1) is 0 Å². The minimum atomic E-state index is 0.0205. The van der Waals surface area contributed by atoms with E-state index in [2.05, 4.69) is 22.9 Å². The fraction of sp³-hybridized carbons (Fsp3) is 0.533. The Kier molecular flexibility index (Phi) is 4.23. The molecule has 1 aliphatic rings. The number of hydrogen-bond acceptors (Lipinski definition) is 2. The molecular weight excluding hydrogens is 292 g/mol. The first kappa shape index (κ1) is 13.8. The molecule has 18 heavy (non-hydrogen) atoms. The number of carbonyl (C=O) groups excluding carboxylic acids is 1. The molecule has 1 aromatic carbocycles. The third-order valence-corrected chi connectivity index (χ3v) is 4.71. The molecule has 2 rings (SSSR count). The second-order valence-electron chi connectivity index (χ2n) is 5.17. The molecular formula is C15H19BrO2. The summed E-state index contributed by atoms with van der Waals surface area (Å²) in [5.41, 5.74) is 1.06. The van der Waals surface area contributed by atoms with E-state index in [-0.39, 0.29) is 23.9 Å². The Bertz CT molecular complexity index is 444. The summed E-state index contributed by atoms with van der Waals surface area (Å²) in [5, 5.41) is 0. The van der Waals surface area contributed by atoms with Gasteiger partial charge < -0.3 is 4.74 Å². The maximum Gasteiger partial charge on any atom is 0.143 e. The van der Waals surface area contributed by atoms with Crippen molar-refractivity contribution in [3.05, 3.63) is 34.3 Å². The fourth-order valence-corrected chi connectivity index (χ4v) is 3.19. The van der Waals surface area contributed by atoms with Crippen LogP contribution in [0.3, 0.4) is 0 Å². The van der Waals surface area contributed by atoms with Gasteiger partial charge in [0.2, 0.25) is 0 Å². The standard InChI is InChI=1S/C15H19BrO2/c1-9-10(2)18-11(3)15(9)14(17)8-12-6-4-5-7-13(12)16/h4-7,9-11,15H,8H2,1-3H3. The van der Waals surface area contributed by atoms with Gasteiger partial charge in [-0.2, -0.15) is 0 Å². The summed E-state index contributed by atoms with van der Waals surface area (Å²) in [4.78, 5) is 12.4. The Labute approximate surface area is 117 Å². The third kappa shape index (κ3) is 2.67. The van der Waals surface area contributed by atoms with E-state index >= 15 is 0 Å². The molecule has 1 aromatic rings. The lowest BCUT2D eigenvalue weighted by atomic mass is 9.84. The monoisotopic (exact) mass is 310 g/mol. The molecule has 1 saturated heterocycles. The molecule has 4 unspecified atom stereocenters. The molecule has 4 atom stereocenters. The van der Waals surface area contributed by atoms with Crippen molar-refractivity contribution < 1.29 is 9.53 Å². The fourth-order valence-electron chi connectivity index (χ4n) is 2.77. The van der Waals surface area contributed by atoms with E-state index in [1.54, 1.807) is 0 Å². The second-order valence-corrected chi connectivity index (χ2v) is 6.02. The zero-order valence-electron chi connectivity index (χ0n) is 11.0. The van der Waals surface area contributed by atoms with Crippen LogP contribution >= 0.6 is 15.9 Å². The van der Waals surface area contributed by atoms with Crippen molar-refractivity contribution in [1.82, 2.24) is 0 Å². The number of ether oxygens (including phenoxy) is 1. The highest BCUT2D eigenvalue weighted by Gasteiger charge is 2.41. The summed E-state index contributed by atoms with van der Waals surface area (Å²) in [7, 11) is 0. The van der Waals surface area contributed by atoms with Gasteiger partial charge in [0, 0.05) is 16.8 Å². The van der Waals surface area contributed by atoms with Crippen molar-refractivity contribution in [2.45, 2.75) is 39.4 Å². The van der Waals surface area contributed by atoms with Crippen LogP contribution in [0.5, 0.6) is 0 Å². The molecule has 0 N–H and O–H groups in total. The topological polar surface area (TPSA) is 26.3 Å². The van der Waals surface area contributed by atoms with Gasteiger partial charge in [0.05, 0.1) is 12.2 Å². The average molecular weight is 311 g/mol. The lowest BCUT2D eigenvalue weighted by molar-refractivity contribution is -0.124. The van der Waals surface area contributed by atoms with Crippen LogP contribution in [0.4, 0.5) is 0 Å². The molecule has 0 aliphatic carbocycles. The molecule has 98 valence electrons. The van der Waals surface area contributed by atoms with Crippen molar-refractivity contribution in [2.75, 3.05) is 0 Å². The van der Waals surface area contributed by atoms with Crippen LogP contribution in [0, 0.1) is 11.8 Å². The van der Waals surface area contributed by atoms with Gasteiger partial charge >= 0.3 is 0 Å². The number of rotatable bonds is 3. The molecule has 0 amide bonds. The number of hydrogen-bond donors (Lipinski definition) is 0. The van der Waals surface area contributed by atoms with Crippen molar-refractivity contribution in [2.24, 2.45) is 11.8 Å². The van der Waals surface area contributed by atoms with E-state index in [0.717, 1.165) is 10.0 Å². The Morgan fingerprint density at radius 3 is 2.44 bits per heavy atom. The van der Waals surface area contributed by atoms with Gasteiger partial charge in [-0.25, -0.2) is 0 Å². The quantitative estimate of drug-likeness (QED) is 0.852. The lowest BCUT2D eigenvalue weighted by Crippen LogP contribution is -2.28. The maximum absolute atomic E-state index is 12.4. The molecule has 1 fully saturated rings. The normalized spacial score (nSPS) is 31.6. The van der Waals surface area contributed by atoms with Gasteiger partial charge in [-0.05, 0) is 31.4 Å². The lowest BCUT2D eigenvalue weighted by Gasteiger charge is -2.17. The van der Waals surface area contributed by atoms with Crippen LogP contribution < -0.4 is 0 Å². The maximum atomic E-state index is 12.4. The van der Waals surface area contributed by atoms with Crippen molar-refractivity contribution >= 4 is 21.7 Å². The van der Waals surface area contributed by atoms with E-state index in [9.17, 15) is 4.79 Å². The van der Waals surface area contributed by atoms with Crippen LogP contribution in [0.15, 0.2) is 28.7 Å². The predicted molar refractivity (Wildman–Crippen MR) is 75.5 cm³/mol. The molecule has 1 aliphatic heterocycles. The summed E-state index contributed by atoms with van der Waals surface area (Å²) in [6.45, 7) is 6.16. The molecule has 0 bridgehead atoms. The summed E-state index contributed by atoms with van der Waals surface area (Å²) in [5.74, 6) is 0.605. The molecule has 0 saturated carbocycles. The van der Waals surface area contributed by atoms with Crippen LogP contribution in [0.25, 0.3) is 0 Å². The number of ketones is 1. The van der Waals surface area contributed by atoms with E-state index in [4.69, 9.17) is 4.74 Å². The van der Waals surface area contributed by atoms with Crippen LogP contribution in [0.1, 0.15) is 26.3 Å². The van der Waals surface area contributed by atoms with Crippen LogP contribution in [-0.2, 0) is 16.0 Å². The second kappa shape index (κ2) is 5.54. The van der Waals surface area contributed by atoms with E-state index in [0.29, 0.717) is 12.3 Å². The highest BCUT2D eigenvalue weighted by Crippen LogP contribution is 2.33. The van der Waals surface area contributed by atoms with E-state index in [1.165, 1.54) is 0 Å². The largest absolute Gasteiger partial charge is 0.375 e. The molecule has 0 aromatic heterocycles. The van der Waals surface area contributed by atoms with Gasteiger partial charge in [0.25, 0.3) is 0 Å². The number of carbonyl (C=O) groups is 1. The van der Waals surface area contributed by atoms with Crippen molar-refractivity contribution in [3.63, 3.8) is 0 Å². The predicted octanol–water partition coefficient (Wildman–Crippen LogP) is 3.62. The molecule has 1 heterocycles. The molecule has 3 heteroatoms. The minimum absolute atomic E-state index is 0.0205. The molecule has 2 nitrogen and oxygen atoms in total. The third-order valence-electron chi connectivity index (χ3n) is 3.94. The first-order chi connectivity index (χ1) is 8.50. The van der Waals surface area contributed by atoms with E-state index in [1.807, 2.05) is 38.1 Å². The SMILES string of the molecule is CC1OC(C)C(C(=O)Cc2ccccc2Br)C1C. The van der Waals surface area contributed by atoms with Crippen molar-refractivity contribution in [3.8, 4) is 0 Å². The zero-order chi connectivity index (χ0) is 13.3. The molecule has 0 radical (unpaired) electrons. The smallest absolute Gasteiger partial charge is 0.143 e. The summed E-state index contributed by atoms with van der Waals surface area (Å²) >= 11 is 3.49. The van der Waals surface area contributed by atoms with Gasteiger partial charge in [-0.1, -0.05) is 41.1 Å². The summed E-state index contributed by atoms with van der Waals surface area (Å²) in [6.07, 6.45) is 0.690. The van der Waals surface area contributed by atoms with Crippen molar-refractivity contribution in [1.29, 1.82) is 0 Å².